The molecule has 21 heavy (non-hydrogen) atoms. The molecule has 0 fully saturated rings. The van der Waals surface area contributed by atoms with E-state index in [9.17, 15) is 4.39 Å². The lowest BCUT2D eigenvalue weighted by Crippen LogP contribution is -2.07. The Morgan fingerprint density at radius 3 is 2.71 bits per heavy atom. The molecule has 0 amide bonds. The molecule has 0 aliphatic heterocycles. The Kier molecular flexibility index (Phi) is 3.78. The molecule has 3 rings (SSSR count). The minimum absolute atomic E-state index is 0.311. The van der Waals surface area contributed by atoms with Gasteiger partial charge in [0.2, 0.25) is 5.95 Å². The van der Waals surface area contributed by atoms with Crippen LogP contribution in [0, 0.1) is 5.82 Å². The van der Waals surface area contributed by atoms with Gasteiger partial charge in [0.25, 0.3) is 5.95 Å². The number of anilines is 1. The second-order valence-corrected chi connectivity index (χ2v) is 4.98. The van der Waals surface area contributed by atoms with Crippen molar-refractivity contribution < 1.29 is 4.39 Å². The van der Waals surface area contributed by atoms with Crippen molar-refractivity contribution in [3.63, 3.8) is 0 Å². The van der Waals surface area contributed by atoms with Gasteiger partial charge >= 0.3 is 0 Å². The maximum absolute atomic E-state index is 13.7. The number of aromatic nitrogens is 5. The van der Waals surface area contributed by atoms with Gasteiger partial charge in [-0.15, -0.1) is 0 Å². The Labute approximate surface area is 124 Å². The number of rotatable bonds is 4. The lowest BCUT2D eigenvalue weighted by Gasteiger charge is -2.06. The molecule has 2 heterocycles. The summed E-state index contributed by atoms with van der Waals surface area (Å²) in [5.74, 6) is 0.460. The van der Waals surface area contributed by atoms with E-state index in [1.165, 1.54) is 10.7 Å². The molecule has 0 saturated carbocycles. The van der Waals surface area contributed by atoms with Crippen LogP contribution in [0.1, 0.15) is 0 Å². The zero-order chi connectivity index (χ0) is 14.7. The van der Waals surface area contributed by atoms with E-state index in [1.807, 2.05) is 0 Å². The standard InChI is InChI=1S/C13H11FN6S/c1-15-11-17-12(20-8-4-7-16-20)19-13(18-11)21-10-6-3-2-5-9(10)14/h2-8H,1H3,(H,15,17,18,19). The smallest absolute Gasteiger partial charge is 0.256 e. The van der Waals surface area contributed by atoms with E-state index in [0.717, 1.165) is 11.8 Å². The van der Waals surface area contributed by atoms with Crippen LogP contribution in [0.5, 0.6) is 0 Å². The van der Waals surface area contributed by atoms with Crippen molar-refractivity contribution in [1.82, 2.24) is 24.7 Å². The largest absolute Gasteiger partial charge is 0.357 e. The molecule has 0 aliphatic rings. The van der Waals surface area contributed by atoms with Gasteiger partial charge in [-0.1, -0.05) is 12.1 Å². The molecular weight excluding hydrogens is 291 g/mol. The average molecular weight is 302 g/mol. The summed E-state index contributed by atoms with van der Waals surface area (Å²) in [5, 5.41) is 7.33. The first kappa shape index (κ1) is 13.5. The molecule has 3 aromatic rings. The predicted octanol–water partition coefficient (Wildman–Crippen LogP) is 2.39. The van der Waals surface area contributed by atoms with Crippen LogP contribution in [0.4, 0.5) is 10.3 Å². The molecule has 0 bridgehead atoms. The second kappa shape index (κ2) is 5.88. The summed E-state index contributed by atoms with van der Waals surface area (Å²) in [6.07, 6.45) is 3.36. The van der Waals surface area contributed by atoms with Crippen molar-refractivity contribution in [2.24, 2.45) is 0 Å². The molecule has 8 heteroatoms. The topological polar surface area (TPSA) is 68.5 Å². The molecule has 1 aromatic carbocycles. The Morgan fingerprint density at radius 1 is 1.14 bits per heavy atom. The molecule has 0 atom stereocenters. The number of benzene rings is 1. The fourth-order valence-corrected chi connectivity index (χ4v) is 2.39. The van der Waals surface area contributed by atoms with Gasteiger partial charge in [0.05, 0.1) is 4.90 Å². The van der Waals surface area contributed by atoms with Crippen LogP contribution >= 0.6 is 11.8 Å². The fourth-order valence-electron chi connectivity index (χ4n) is 1.62. The molecule has 106 valence electrons. The van der Waals surface area contributed by atoms with E-state index >= 15 is 0 Å². The van der Waals surface area contributed by atoms with E-state index < -0.39 is 0 Å². The summed E-state index contributed by atoms with van der Waals surface area (Å²) < 4.78 is 15.2. The number of hydrogen-bond donors (Lipinski definition) is 1. The highest BCUT2D eigenvalue weighted by atomic mass is 32.2. The van der Waals surface area contributed by atoms with Crippen molar-refractivity contribution >= 4 is 17.7 Å². The van der Waals surface area contributed by atoms with Crippen LogP contribution in [0.3, 0.4) is 0 Å². The molecule has 1 N–H and O–H groups in total. The Morgan fingerprint density at radius 2 is 2.00 bits per heavy atom. The highest BCUT2D eigenvalue weighted by Crippen LogP contribution is 2.27. The van der Waals surface area contributed by atoms with Gasteiger partial charge in [0.15, 0.2) is 5.16 Å². The number of nitrogens with one attached hydrogen (secondary N) is 1. The van der Waals surface area contributed by atoms with E-state index in [2.05, 4.69) is 25.4 Å². The summed E-state index contributed by atoms with van der Waals surface area (Å²) >= 11 is 1.14. The van der Waals surface area contributed by atoms with Gasteiger partial charge in [-0.25, -0.2) is 9.07 Å². The number of halogens is 1. The van der Waals surface area contributed by atoms with Gasteiger partial charge in [-0.05, 0) is 30.0 Å². The van der Waals surface area contributed by atoms with E-state index in [0.29, 0.717) is 21.9 Å². The zero-order valence-electron chi connectivity index (χ0n) is 11.1. The van der Waals surface area contributed by atoms with Crippen LogP contribution in [-0.2, 0) is 0 Å². The molecule has 0 saturated heterocycles. The third-order valence-electron chi connectivity index (χ3n) is 2.57. The summed E-state index contributed by atoms with van der Waals surface area (Å²) in [7, 11) is 1.71. The van der Waals surface area contributed by atoms with Crippen molar-refractivity contribution in [1.29, 1.82) is 0 Å². The van der Waals surface area contributed by atoms with Gasteiger partial charge in [0, 0.05) is 19.4 Å². The molecule has 2 aromatic heterocycles. The first-order chi connectivity index (χ1) is 10.3. The maximum Gasteiger partial charge on any atom is 0.256 e. The number of nitrogens with zero attached hydrogens (tertiary/aromatic N) is 5. The highest BCUT2D eigenvalue weighted by Gasteiger charge is 2.11. The van der Waals surface area contributed by atoms with Crippen LogP contribution in [0.2, 0.25) is 0 Å². The summed E-state index contributed by atoms with van der Waals surface area (Å²) in [6, 6.07) is 8.25. The maximum atomic E-state index is 13.7. The van der Waals surface area contributed by atoms with Gasteiger partial charge < -0.3 is 5.32 Å². The van der Waals surface area contributed by atoms with Crippen LogP contribution in [0.25, 0.3) is 5.95 Å². The highest BCUT2D eigenvalue weighted by molar-refractivity contribution is 7.99. The predicted molar refractivity (Wildman–Crippen MR) is 77.0 cm³/mol. The van der Waals surface area contributed by atoms with E-state index in [-0.39, 0.29) is 5.82 Å². The molecule has 0 spiro atoms. The molecule has 6 nitrogen and oxygen atoms in total. The molecule has 0 aliphatic carbocycles. The van der Waals surface area contributed by atoms with Gasteiger partial charge in [-0.2, -0.15) is 20.1 Å². The monoisotopic (exact) mass is 302 g/mol. The van der Waals surface area contributed by atoms with Crippen molar-refractivity contribution in [3.05, 3.63) is 48.5 Å². The van der Waals surface area contributed by atoms with Crippen molar-refractivity contribution in [3.8, 4) is 5.95 Å². The van der Waals surface area contributed by atoms with E-state index in [4.69, 9.17) is 0 Å². The zero-order valence-corrected chi connectivity index (χ0v) is 11.9. The van der Waals surface area contributed by atoms with E-state index in [1.54, 1.807) is 43.7 Å². The van der Waals surface area contributed by atoms with Crippen LogP contribution in [0.15, 0.2) is 52.8 Å². The first-order valence-electron chi connectivity index (χ1n) is 6.12. The summed E-state index contributed by atoms with van der Waals surface area (Å²) in [4.78, 5) is 13.2. The fraction of sp³-hybridized carbons (Fsp3) is 0.0769. The Balaban J connectivity index is 1.99. The quantitative estimate of drug-likeness (QED) is 0.798. The SMILES string of the molecule is CNc1nc(Sc2ccccc2F)nc(-n2cccn2)n1. The molecule has 0 radical (unpaired) electrons. The van der Waals surface area contributed by atoms with Crippen LogP contribution < -0.4 is 5.32 Å². The lowest BCUT2D eigenvalue weighted by molar-refractivity contribution is 0.601. The van der Waals surface area contributed by atoms with Crippen molar-refractivity contribution in [2.45, 2.75) is 10.1 Å². The Bertz CT molecular complexity index is 746. The first-order valence-corrected chi connectivity index (χ1v) is 6.94. The van der Waals surface area contributed by atoms with Gasteiger partial charge in [0.1, 0.15) is 5.82 Å². The summed E-state index contributed by atoms with van der Waals surface area (Å²) in [5.41, 5.74) is 0. The average Bonchev–Trinajstić information content (AvgIpc) is 3.04. The Hall–Kier alpha value is -2.48. The second-order valence-electron chi connectivity index (χ2n) is 3.97. The molecule has 0 unspecified atom stereocenters. The minimum atomic E-state index is -0.311. The number of hydrogen-bond acceptors (Lipinski definition) is 6. The van der Waals surface area contributed by atoms with Crippen LogP contribution in [-0.4, -0.2) is 31.8 Å². The van der Waals surface area contributed by atoms with Gasteiger partial charge in [-0.3, -0.25) is 0 Å². The minimum Gasteiger partial charge on any atom is -0.357 e. The normalized spacial score (nSPS) is 10.6. The third kappa shape index (κ3) is 3.00. The molecular formula is C13H11FN6S. The summed E-state index contributed by atoms with van der Waals surface area (Å²) in [6.45, 7) is 0. The third-order valence-corrected chi connectivity index (χ3v) is 3.49. The van der Waals surface area contributed by atoms with Crippen molar-refractivity contribution in [2.75, 3.05) is 12.4 Å². The lowest BCUT2D eigenvalue weighted by atomic mass is 10.4.